The number of nitrogens with one attached hydrogen (secondary N) is 1. The van der Waals surface area contributed by atoms with Gasteiger partial charge in [-0.1, -0.05) is 103 Å². The third-order valence-corrected chi connectivity index (χ3v) is 5.69. The molecule has 0 bridgehead atoms. The van der Waals surface area contributed by atoms with E-state index in [2.05, 4.69) is 12.2 Å². The molecular formula is C26H39NO3. The molecule has 0 saturated carbocycles. The summed E-state index contributed by atoms with van der Waals surface area (Å²) < 4.78 is 5.79. The molecule has 1 heterocycles. The number of rotatable bonds is 17. The van der Waals surface area contributed by atoms with E-state index in [1.54, 1.807) is 0 Å². The number of hydrogen-bond acceptors (Lipinski definition) is 3. The maximum Gasteiger partial charge on any atom is 0.258 e. The minimum Gasteiger partial charge on any atom is -0.494 e. The summed E-state index contributed by atoms with van der Waals surface area (Å²) in [4.78, 5) is 22.9. The molecule has 1 aliphatic rings. The van der Waals surface area contributed by atoms with E-state index in [4.69, 9.17) is 4.74 Å². The molecule has 4 heteroatoms. The van der Waals surface area contributed by atoms with Crippen LogP contribution >= 0.6 is 0 Å². The summed E-state index contributed by atoms with van der Waals surface area (Å²) in [5, 5.41) is 2.26. The fraction of sp³-hybridized carbons (Fsp3) is 0.615. The zero-order valence-electron chi connectivity index (χ0n) is 18.7. The largest absolute Gasteiger partial charge is 0.494 e. The van der Waals surface area contributed by atoms with Crippen molar-refractivity contribution in [1.29, 1.82) is 0 Å². The van der Waals surface area contributed by atoms with Crippen molar-refractivity contribution in [3.05, 3.63) is 35.9 Å². The molecule has 2 amide bonds. The first-order valence-corrected chi connectivity index (χ1v) is 12.0. The lowest BCUT2D eigenvalue weighted by Gasteiger charge is -2.07. The molecule has 0 aliphatic carbocycles. The number of carbonyl (C=O) groups is 2. The fourth-order valence-corrected chi connectivity index (χ4v) is 3.84. The molecule has 1 N–H and O–H groups in total. The number of hydrogen-bond donors (Lipinski definition) is 1. The summed E-state index contributed by atoms with van der Waals surface area (Å²) in [6.45, 7) is 2.99. The van der Waals surface area contributed by atoms with Crippen molar-refractivity contribution in [3.63, 3.8) is 0 Å². The first-order valence-electron chi connectivity index (χ1n) is 12.0. The summed E-state index contributed by atoms with van der Waals surface area (Å²) in [5.74, 6) is 0.114. The summed E-state index contributed by atoms with van der Waals surface area (Å²) in [6, 6.07) is 7.36. The van der Waals surface area contributed by atoms with Crippen LogP contribution < -0.4 is 10.1 Å². The molecule has 0 aromatic heterocycles. The van der Waals surface area contributed by atoms with E-state index in [1.165, 1.54) is 89.5 Å². The van der Waals surface area contributed by atoms with Crippen LogP contribution in [0.4, 0.5) is 0 Å². The molecule has 4 nitrogen and oxygen atoms in total. The highest BCUT2D eigenvalue weighted by Crippen LogP contribution is 2.21. The lowest BCUT2D eigenvalue weighted by Crippen LogP contribution is -2.21. The van der Waals surface area contributed by atoms with Gasteiger partial charge in [0.05, 0.1) is 12.2 Å². The molecule has 0 fully saturated rings. The number of unbranched alkanes of at least 4 members (excludes halogenated alkanes) is 13. The zero-order valence-corrected chi connectivity index (χ0v) is 18.7. The first-order chi connectivity index (χ1) is 14.7. The summed E-state index contributed by atoms with van der Waals surface area (Å²) in [6.07, 6.45) is 20.2. The van der Waals surface area contributed by atoms with Gasteiger partial charge in [0.25, 0.3) is 11.8 Å². The van der Waals surface area contributed by atoms with Crippen molar-refractivity contribution in [3.8, 4) is 5.75 Å². The fourth-order valence-electron chi connectivity index (χ4n) is 3.84. The van der Waals surface area contributed by atoms with Crippen molar-refractivity contribution in [2.45, 2.75) is 96.8 Å². The van der Waals surface area contributed by atoms with Crippen molar-refractivity contribution in [2.24, 2.45) is 0 Å². The Hall–Kier alpha value is -2.10. The van der Waals surface area contributed by atoms with Crippen LogP contribution in [0.25, 0.3) is 5.57 Å². The second-order valence-electron chi connectivity index (χ2n) is 8.35. The molecule has 2 rings (SSSR count). The number of benzene rings is 1. The highest BCUT2D eigenvalue weighted by atomic mass is 16.5. The molecule has 0 unspecified atom stereocenters. The lowest BCUT2D eigenvalue weighted by atomic mass is 10.0. The van der Waals surface area contributed by atoms with E-state index in [0.29, 0.717) is 5.57 Å². The average molecular weight is 414 g/mol. The minimum atomic E-state index is -0.354. The molecule has 0 radical (unpaired) electrons. The van der Waals surface area contributed by atoms with Crippen molar-refractivity contribution in [2.75, 3.05) is 6.61 Å². The van der Waals surface area contributed by atoms with Crippen LogP contribution in [0.2, 0.25) is 0 Å². The van der Waals surface area contributed by atoms with Gasteiger partial charge in [0.15, 0.2) is 0 Å². The van der Waals surface area contributed by atoms with Crippen LogP contribution in [0.5, 0.6) is 5.75 Å². The van der Waals surface area contributed by atoms with Gasteiger partial charge in [0, 0.05) is 6.08 Å². The van der Waals surface area contributed by atoms with E-state index >= 15 is 0 Å². The second kappa shape index (κ2) is 14.8. The monoisotopic (exact) mass is 413 g/mol. The molecule has 166 valence electrons. The third-order valence-electron chi connectivity index (χ3n) is 5.69. The summed E-state index contributed by atoms with van der Waals surface area (Å²) in [5.41, 5.74) is 1.15. The maximum atomic E-state index is 11.7. The highest BCUT2D eigenvalue weighted by Gasteiger charge is 2.21. The number of imide groups is 1. The molecule has 0 saturated heterocycles. The molecule has 0 atom stereocenters. The van der Waals surface area contributed by atoms with Gasteiger partial charge in [-0.15, -0.1) is 0 Å². The van der Waals surface area contributed by atoms with Gasteiger partial charge < -0.3 is 4.74 Å². The second-order valence-corrected chi connectivity index (χ2v) is 8.35. The summed E-state index contributed by atoms with van der Waals surface area (Å²) in [7, 11) is 0. The number of amides is 2. The molecule has 1 aromatic carbocycles. The molecule has 30 heavy (non-hydrogen) atoms. The Morgan fingerprint density at radius 3 is 1.67 bits per heavy atom. The molecule has 1 aromatic rings. The number of carbonyl (C=O) groups excluding carboxylic acids is 2. The van der Waals surface area contributed by atoms with Gasteiger partial charge in [-0.3, -0.25) is 14.9 Å². The van der Waals surface area contributed by atoms with E-state index in [9.17, 15) is 9.59 Å². The quantitative estimate of drug-likeness (QED) is 0.232. The van der Waals surface area contributed by atoms with Crippen LogP contribution in [0.1, 0.15) is 102 Å². The molecule has 1 aliphatic heterocycles. The van der Waals surface area contributed by atoms with Crippen molar-refractivity contribution >= 4 is 17.4 Å². The lowest BCUT2D eigenvalue weighted by molar-refractivity contribution is -0.123. The van der Waals surface area contributed by atoms with Gasteiger partial charge in [0.2, 0.25) is 0 Å². The topological polar surface area (TPSA) is 55.4 Å². The Balaban J connectivity index is 1.42. The average Bonchev–Trinajstić information content (AvgIpc) is 3.09. The Morgan fingerprint density at radius 2 is 1.20 bits per heavy atom. The normalized spacial score (nSPS) is 13.4. The van der Waals surface area contributed by atoms with Gasteiger partial charge in [0.1, 0.15) is 5.75 Å². The van der Waals surface area contributed by atoms with E-state index in [1.807, 2.05) is 24.3 Å². The van der Waals surface area contributed by atoms with Crippen LogP contribution in [-0.4, -0.2) is 18.4 Å². The standard InChI is InChI=1S/C26H39NO3/c1-2-3-4-5-6-7-8-9-10-11-12-13-14-15-20-30-23-18-16-22(17-19-23)24-21-25(28)27-26(24)29/h16-19,21H,2-15,20H2,1H3,(H,27,28,29). The van der Waals surface area contributed by atoms with Crippen LogP contribution in [0, 0.1) is 0 Å². The zero-order chi connectivity index (χ0) is 21.4. The van der Waals surface area contributed by atoms with Gasteiger partial charge in [-0.25, -0.2) is 0 Å². The third kappa shape index (κ3) is 9.60. The Bertz CT molecular complexity index is 663. The minimum absolute atomic E-state index is 0.337. The van der Waals surface area contributed by atoms with Crippen LogP contribution in [-0.2, 0) is 9.59 Å². The van der Waals surface area contributed by atoms with Crippen molar-refractivity contribution < 1.29 is 14.3 Å². The van der Waals surface area contributed by atoms with E-state index in [-0.39, 0.29) is 11.8 Å². The Kier molecular flexibility index (Phi) is 11.9. The molecule has 0 spiro atoms. The number of ether oxygens (including phenoxy) is 1. The van der Waals surface area contributed by atoms with E-state index in [0.717, 1.165) is 24.3 Å². The summed E-state index contributed by atoms with van der Waals surface area (Å²) >= 11 is 0. The smallest absolute Gasteiger partial charge is 0.258 e. The van der Waals surface area contributed by atoms with Crippen LogP contribution in [0.3, 0.4) is 0 Å². The van der Waals surface area contributed by atoms with Gasteiger partial charge >= 0.3 is 0 Å². The molecular weight excluding hydrogens is 374 g/mol. The highest BCUT2D eigenvalue weighted by molar-refractivity contribution is 6.33. The van der Waals surface area contributed by atoms with Crippen molar-refractivity contribution in [1.82, 2.24) is 5.32 Å². The Labute approximate surface area is 182 Å². The van der Waals surface area contributed by atoms with E-state index < -0.39 is 0 Å². The van der Waals surface area contributed by atoms with Crippen LogP contribution in [0.15, 0.2) is 30.3 Å². The maximum absolute atomic E-state index is 11.7. The predicted molar refractivity (Wildman–Crippen MR) is 123 cm³/mol. The Morgan fingerprint density at radius 1 is 0.700 bits per heavy atom. The predicted octanol–water partition coefficient (Wildman–Crippen LogP) is 6.59. The van der Waals surface area contributed by atoms with Gasteiger partial charge in [-0.2, -0.15) is 0 Å². The first kappa shape index (κ1) is 24.2. The van der Waals surface area contributed by atoms with Gasteiger partial charge in [-0.05, 0) is 24.1 Å². The SMILES string of the molecule is CCCCCCCCCCCCCCCCOc1ccc(C2=CC(=O)NC2=O)cc1.